The summed E-state index contributed by atoms with van der Waals surface area (Å²) in [5, 5.41) is 8.68. The van der Waals surface area contributed by atoms with Crippen LogP contribution >= 0.6 is 0 Å². The van der Waals surface area contributed by atoms with E-state index in [2.05, 4.69) is 27.7 Å². The molecule has 0 aliphatic heterocycles. The summed E-state index contributed by atoms with van der Waals surface area (Å²) in [6.07, 6.45) is 12.7. The maximum Gasteiger partial charge on any atom is 1.00 e. The molecule has 0 saturated carbocycles. The molecule has 0 aliphatic carbocycles. The first-order valence-electron chi connectivity index (χ1n) is 9.21. The summed E-state index contributed by atoms with van der Waals surface area (Å²) in [5.41, 5.74) is 0.985. The van der Waals surface area contributed by atoms with Crippen LogP contribution < -0.4 is 29.6 Å². The number of carboxylic acids is 1. The van der Waals surface area contributed by atoms with E-state index in [4.69, 9.17) is 5.11 Å². The molecule has 0 aromatic carbocycles. The van der Waals surface area contributed by atoms with E-state index in [1.54, 1.807) is 0 Å². The van der Waals surface area contributed by atoms with Crippen molar-refractivity contribution >= 4 is 5.97 Å². The van der Waals surface area contributed by atoms with E-state index in [1.807, 2.05) is 6.92 Å². The minimum atomic E-state index is -0.822. The molecule has 2 N–H and O–H groups in total. The first-order valence-corrected chi connectivity index (χ1v) is 9.21. The predicted octanol–water partition coefficient (Wildman–Crippen LogP) is 3.28. The minimum Gasteiger partial charge on any atom is -0.870 e. The van der Waals surface area contributed by atoms with Crippen molar-refractivity contribution in [3.63, 3.8) is 0 Å². The number of carboxylic acid groups (broad SMARTS) is 1. The van der Waals surface area contributed by atoms with Crippen molar-refractivity contribution < 1.29 is 44.9 Å². The topological polar surface area (TPSA) is 67.3 Å². The molecule has 0 aliphatic rings. The molecule has 138 valence electrons. The second-order valence-electron chi connectivity index (χ2n) is 7.69. The van der Waals surface area contributed by atoms with Gasteiger partial charge in [0.25, 0.3) is 0 Å². The average molecular weight is 351 g/mol. The Morgan fingerprint density at radius 3 is 1.71 bits per heavy atom. The van der Waals surface area contributed by atoms with Crippen molar-refractivity contribution in [2.45, 2.75) is 92.4 Å². The van der Waals surface area contributed by atoms with Crippen molar-refractivity contribution in [1.82, 2.24) is 0 Å². The smallest absolute Gasteiger partial charge is 0.870 e. The van der Waals surface area contributed by atoms with Gasteiger partial charge in [0.1, 0.15) is 0 Å². The molecule has 0 unspecified atom stereocenters. The van der Waals surface area contributed by atoms with Gasteiger partial charge < -0.3 is 10.6 Å². The molecule has 0 amide bonds. The molecular weight excluding hydrogens is 311 g/mol. The fourth-order valence-electron chi connectivity index (χ4n) is 2.99. The van der Waals surface area contributed by atoms with Gasteiger partial charge in [-0.3, -0.25) is 0 Å². The first kappa shape index (κ1) is 29.0. The second-order valence-corrected chi connectivity index (χ2v) is 7.69. The Hall–Kier alpha value is 0.170. The summed E-state index contributed by atoms with van der Waals surface area (Å²) in [5.74, 6) is 1.65. The third kappa shape index (κ3) is 20.2. The number of hydrogen-bond donors (Lipinski definition) is 1. The fraction of sp³-hybridized carbons (Fsp3) is 0.850. The van der Waals surface area contributed by atoms with E-state index in [0.717, 1.165) is 36.2 Å². The molecule has 4 heteroatoms. The molecule has 0 heterocycles. The van der Waals surface area contributed by atoms with Crippen molar-refractivity contribution in [2.24, 2.45) is 17.8 Å². The number of allylic oxidation sites excluding steroid dienone is 1. The van der Waals surface area contributed by atoms with E-state index >= 15 is 0 Å². The predicted molar refractivity (Wildman–Crippen MR) is 98.0 cm³/mol. The molecule has 0 rings (SSSR count). The largest absolute Gasteiger partial charge is 1.00 e. The summed E-state index contributed by atoms with van der Waals surface area (Å²) in [4.78, 5) is 10.5. The van der Waals surface area contributed by atoms with E-state index in [1.165, 1.54) is 51.0 Å². The third-order valence-corrected chi connectivity index (χ3v) is 4.51. The van der Waals surface area contributed by atoms with Crippen LogP contribution in [0, 0.1) is 17.8 Å². The van der Waals surface area contributed by atoms with Crippen LogP contribution in [0.15, 0.2) is 11.6 Å². The number of carbonyl (C=O) groups is 1. The molecule has 24 heavy (non-hydrogen) atoms. The van der Waals surface area contributed by atoms with Gasteiger partial charge in [0.2, 0.25) is 0 Å². The Morgan fingerprint density at radius 1 is 0.875 bits per heavy atom. The second kappa shape index (κ2) is 18.0. The normalized spacial score (nSPS) is 13.8. The zero-order valence-corrected chi connectivity index (χ0v) is 19.0. The number of hydrogen-bond acceptors (Lipinski definition) is 2. The molecule has 0 aromatic heterocycles. The summed E-state index contributed by atoms with van der Waals surface area (Å²) in [7, 11) is 0. The molecule has 0 aromatic rings. The van der Waals surface area contributed by atoms with Gasteiger partial charge in [-0.05, 0) is 37.5 Å². The quantitative estimate of drug-likeness (QED) is 0.409. The van der Waals surface area contributed by atoms with E-state index in [9.17, 15) is 4.79 Å². The summed E-state index contributed by atoms with van der Waals surface area (Å²) in [6.45, 7) is 11.3. The van der Waals surface area contributed by atoms with Gasteiger partial charge >= 0.3 is 35.5 Å². The van der Waals surface area contributed by atoms with Crippen LogP contribution in [0.3, 0.4) is 0 Å². The van der Waals surface area contributed by atoms with Gasteiger partial charge in [0.05, 0.1) is 0 Å². The van der Waals surface area contributed by atoms with Gasteiger partial charge in [-0.25, -0.2) is 4.79 Å². The van der Waals surface area contributed by atoms with Crippen LogP contribution in [-0.2, 0) is 4.79 Å². The molecule has 0 spiro atoms. The maximum absolute atomic E-state index is 10.5. The van der Waals surface area contributed by atoms with Gasteiger partial charge in [-0.2, -0.15) is 0 Å². The molecule has 3 nitrogen and oxygen atoms in total. The average Bonchev–Trinajstić information content (AvgIpc) is 2.37. The van der Waals surface area contributed by atoms with Crippen LogP contribution in [0.2, 0.25) is 0 Å². The van der Waals surface area contributed by atoms with Crippen LogP contribution in [0.4, 0.5) is 0 Å². The Kier molecular flexibility index (Phi) is 21.7. The van der Waals surface area contributed by atoms with Crippen molar-refractivity contribution in [3.05, 3.63) is 11.6 Å². The molecule has 0 saturated heterocycles. The van der Waals surface area contributed by atoms with Gasteiger partial charge in [0.15, 0.2) is 0 Å². The summed E-state index contributed by atoms with van der Waals surface area (Å²) < 4.78 is 0. The van der Waals surface area contributed by atoms with Gasteiger partial charge in [-0.1, -0.05) is 78.2 Å². The van der Waals surface area contributed by atoms with E-state index < -0.39 is 5.97 Å². The van der Waals surface area contributed by atoms with Crippen LogP contribution in [0.1, 0.15) is 92.4 Å². The van der Waals surface area contributed by atoms with E-state index in [-0.39, 0.29) is 35.0 Å². The first-order chi connectivity index (χ1) is 10.3. The van der Waals surface area contributed by atoms with Crippen LogP contribution in [0.25, 0.3) is 0 Å². The Balaban J connectivity index is -0.00000220. The molecule has 2 atom stereocenters. The molecule has 0 radical (unpaired) electrons. The summed E-state index contributed by atoms with van der Waals surface area (Å²) in [6, 6.07) is 0. The summed E-state index contributed by atoms with van der Waals surface area (Å²) >= 11 is 0. The number of aliphatic carboxylic acids is 1. The standard InChI is InChI=1S/C20H38O2.Na.H2O/c1-16(2)9-6-10-17(3)11-7-12-18(4)13-8-14-19(5)15-20(21)22;;/h15-18H,6-14H2,1-5H3,(H,21,22);;1H2/q;+1;/p-1/b19-15+;;/t17-,18-;;/m1../s1. The SMILES string of the molecule is C/C(=C\C(=O)O)CCC[C@H](C)CCC[C@H](C)CCCC(C)C.[Na+].[OH-]. The molecule has 0 bridgehead atoms. The Bertz CT molecular complexity index is 327. The zero-order valence-electron chi connectivity index (χ0n) is 17.0. The van der Waals surface area contributed by atoms with Crippen molar-refractivity contribution in [1.29, 1.82) is 0 Å². The van der Waals surface area contributed by atoms with E-state index in [0.29, 0.717) is 0 Å². The monoisotopic (exact) mass is 350 g/mol. The maximum atomic E-state index is 10.5. The molecule has 0 fully saturated rings. The van der Waals surface area contributed by atoms with Gasteiger partial charge in [-0.15, -0.1) is 0 Å². The van der Waals surface area contributed by atoms with Gasteiger partial charge in [0, 0.05) is 6.08 Å². The zero-order chi connectivity index (χ0) is 17.0. The third-order valence-electron chi connectivity index (χ3n) is 4.51. The van der Waals surface area contributed by atoms with Crippen LogP contribution in [-0.4, -0.2) is 16.6 Å². The van der Waals surface area contributed by atoms with Crippen molar-refractivity contribution in [3.8, 4) is 0 Å². The van der Waals surface area contributed by atoms with Crippen molar-refractivity contribution in [2.75, 3.05) is 0 Å². The molecular formula is C20H39NaO3. The number of rotatable bonds is 13. The fourth-order valence-corrected chi connectivity index (χ4v) is 2.99. The Morgan fingerprint density at radius 2 is 1.29 bits per heavy atom. The Labute approximate surface area is 172 Å². The van der Waals surface area contributed by atoms with Crippen LogP contribution in [0.5, 0.6) is 0 Å². The minimum absolute atomic E-state index is 0.